The average Bonchev–Trinajstić information content (AvgIpc) is 2.57. The molecule has 114 valence electrons. The summed E-state index contributed by atoms with van der Waals surface area (Å²) >= 11 is 0. The molecule has 2 aliphatic heterocycles. The molecule has 0 aliphatic carbocycles. The maximum absolute atomic E-state index is 12.5. The highest BCUT2D eigenvalue weighted by atomic mass is 16.5. The van der Waals surface area contributed by atoms with Gasteiger partial charge in [-0.15, -0.1) is 0 Å². The normalized spacial score (nSPS) is 24.0. The van der Waals surface area contributed by atoms with E-state index in [1.807, 2.05) is 11.0 Å². The van der Waals surface area contributed by atoms with Gasteiger partial charge in [0, 0.05) is 44.0 Å². The molecule has 2 aliphatic rings. The highest BCUT2D eigenvalue weighted by Crippen LogP contribution is 2.25. The summed E-state index contributed by atoms with van der Waals surface area (Å²) in [5.41, 5.74) is 1.05. The van der Waals surface area contributed by atoms with Crippen LogP contribution in [0.5, 0.6) is 0 Å². The van der Waals surface area contributed by atoms with Crippen LogP contribution in [0.4, 0.5) is 0 Å². The number of carbonyl (C=O) groups excluding carboxylic acids is 1. The van der Waals surface area contributed by atoms with Gasteiger partial charge in [-0.25, -0.2) is 9.97 Å². The van der Waals surface area contributed by atoms with Gasteiger partial charge in [0.2, 0.25) is 5.91 Å². The van der Waals surface area contributed by atoms with E-state index in [1.54, 1.807) is 12.5 Å². The van der Waals surface area contributed by atoms with Crippen LogP contribution in [0.1, 0.15) is 24.5 Å². The lowest BCUT2D eigenvalue weighted by molar-refractivity contribution is -0.134. The van der Waals surface area contributed by atoms with Crippen LogP contribution in [0.25, 0.3) is 0 Å². The summed E-state index contributed by atoms with van der Waals surface area (Å²) in [6.45, 7) is 5.34. The summed E-state index contributed by atoms with van der Waals surface area (Å²) in [6.07, 6.45) is 5.50. The fourth-order valence-corrected chi connectivity index (χ4v) is 3.04. The van der Waals surface area contributed by atoms with Gasteiger partial charge in [-0.1, -0.05) is 0 Å². The van der Waals surface area contributed by atoms with E-state index in [0.717, 1.165) is 57.9 Å². The minimum Gasteiger partial charge on any atom is -0.379 e. The van der Waals surface area contributed by atoms with Gasteiger partial charge < -0.3 is 9.64 Å². The molecular weight excluding hydrogens is 268 g/mol. The first kappa shape index (κ1) is 14.4. The second-order valence-electron chi connectivity index (χ2n) is 5.70. The number of ether oxygens (including phenoxy) is 1. The molecule has 2 saturated heterocycles. The molecule has 0 aromatic carbocycles. The first-order valence-electron chi connectivity index (χ1n) is 7.67. The van der Waals surface area contributed by atoms with Crippen LogP contribution in [0.2, 0.25) is 0 Å². The van der Waals surface area contributed by atoms with Gasteiger partial charge in [0.25, 0.3) is 0 Å². The van der Waals surface area contributed by atoms with Gasteiger partial charge in [0.1, 0.15) is 6.33 Å². The second kappa shape index (κ2) is 6.95. The quantitative estimate of drug-likeness (QED) is 0.812. The van der Waals surface area contributed by atoms with Crippen LogP contribution in [-0.4, -0.2) is 71.6 Å². The summed E-state index contributed by atoms with van der Waals surface area (Å²) < 4.78 is 5.32. The van der Waals surface area contributed by atoms with E-state index in [1.165, 1.54) is 0 Å². The lowest BCUT2D eigenvalue weighted by atomic mass is 9.94. The van der Waals surface area contributed by atoms with Crippen molar-refractivity contribution in [2.24, 2.45) is 0 Å². The maximum atomic E-state index is 12.5. The van der Waals surface area contributed by atoms with Gasteiger partial charge in [-0.3, -0.25) is 9.69 Å². The molecule has 1 aromatic heterocycles. The Bertz CT molecular complexity index is 462. The maximum Gasteiger partial charge on any atom is 0.236 e. The Morgan fingerprint density at radius 2 is 2.19 bits per heavy atom. The van der Waals surface area contributed by atoms with Crippen LogP contribution in [0.3, 0.4) is 0 Å². The van der Waals surface area contributed by atoms with Crippen LogP contribution in [-0.2, 0) is 9.53 Å². The summed E-state index contributed by atoms with van der Waals surface area (Å²) in [7, 11) is 0. The van der Waals surface area contributed by atoms with Gasteiger partial charge in [-0.2, -0.15) is 0 Å². The fraction of sp³-hybridized carbons (Fsp3) is 0.667. The van der Waals surface area contributed by atoms with Gasteiger partial charge in [0.15, 0.2) is 0 Å². The summed E-state index contributed by atoms with van der Waals surface area (Å²) in [6, 6.07) is 1.96. The molecule has 0 saturated carbocycles. The second-order valence-corrected chi connectivity index (χ2v) is 5.70. The molecule has 0 N–H and O–H groups in total. The number of hydrogen-bond acceptors (Lipinski definition) is 5. The molecular formula is C15H22N4O2. The number of amides is 1. The zero-order valence-corrected chi connectivity index (χ0v) is 12.3. The van der Waals surface area contributed by atoms with Crippen molar-refractivity contribution in [3.05, 3.63) is 24.3 Å². The first-order chi connectivity index (χ1) is 10.3. The third-order valence-electron chi connectivity index (χ3n) is 4.26. The van der Waals surface area contributed by atoms with E-state index in [-0.39, 0.29) is 5.91 Å². The number of nitrogens with zero attached hydrogens (tertiary/aromatic N) is 4. The smallest absolute Gasteiger partial charge is 0.236 e. The number of aromatic nitrogens is 2. The van der Waals surface area contributed by atoms with Gasteiger partial charge in [-0.05, 0) is 18.9 Å². The number of carbonyl (C=O) groups is 1. The summed E-state index contributed by atoms with van der Waals surface area (Å²) in [5.74, 6) is 0.575. The molecule has 3 rings (SSSR count). The lowest BCUT2D eigenvalue weighted by Crippen LogP contribution is -2.47. The monoisotopic (exact) mass is 290 g/mol. The number of piperidine rings is 1. The van der Waals surface area contributed by atoms with E-state index in [2.05, 4.69) is 14.9 Å². The molecule has 2 fully saturated rings. The van der Waals surface area contributed by atoms with E-state index in [9.17, 15) is 4.79 Å². The highest BCUT2D eigenvalue weighted by Gasteiger charge is 2.26. The zero-order valence-electron chi connectivity index (χ0n) is 12.3. The van der Waals surface area contributed by atoms with E-state index in [4.69, 9.17) is 4.74 Å². The fourth-order valence-electron chi connectivity index (χ4n) is 3.04. The SMILES string of the molecule is O=C(CN1CCOCC1)N1CCC[C@H](c2ccncn2)C1. The van der Waals surface area contributed by atoms with Crippen LogP contribution >= 0.6 is 0 Å². The molecule has 6 heteroatoms. The Balaban J connectivity index is 1.56. The van der Waals surface area contributed by atoms with Crippen LogP contribution < -0.4 is 0 Å². The lowest BCUT2D eigenvalue weighted by Gasteiger charge is -2.34. The number of morpholine rings is 1. The molecule has 0 bridgehead atoms. The van der Waals surface area contributed by atoms with Gasteiger partial charge >= 0.3 is 0 Å². The molecule has 1 aromatic rings. The Morgan fingerprint density at radius 1 is 1.33 bits per heavy atom. The molecule has 1 atom stereocenters. The predicted octanol–water partition coefficient (Wildman–Crippen LogP) is 0.515. The van der Waals surface area contributed by atoms with Crippen LogP contribution in [0.15, 0.2) is 18.6 Å². The van der Waals surface area contributed by atoms with Crippen molar-refractivity contribution >= 4 is 5.91 Å². The largest absolute Gasteiger partial charge is 0.379 e. The minimum absolute atomic E-state index is 0.232. The topological polar surface area (TPSA) is 58.6 Å². The standard InChI is InChI=1S/C15H22N4O2/c20-15(11-18-6-8-21-9-7-18)19-5-1-2-13(10-19)14-3-4-16-12-17-14/h3-4,12-13H,1-2,5-11H2/t13-/m0/s1. The molecule has 6 nitrogen and oxygen atoms in total. The van der Waals surface area contributed by atoms with Crippen molar-refractivity contribution in [1.82, 2.24) is 19.8 Å². The zero-order chi connectivity index (χ0) is 14.5. The first-order valence-corrected chi connectivity index (χ1v) is 7.67. The molecule has 1 amide bonds. The Labute approximate surface area is 125 Å². The number of likely N-dealkylation sites (tertiary alicyclic amines) is 1. The minimum atomic E-state index is 0.232. The van der Waals surface area contributed by atoms with Crippen molar-refractivity contribution < 1.29 is 9.53 Å². The predicted molar refractivity (Wildman–Crippen MR) is 77.8 cm³/mol. The van der Waals surface area contributed by atoms with Crippen molar-refractivity contribution in [3.63, 3.8) is 0 Å². The van der Waals surface area contributed by atoms with Gasteiger partial charge in [0.05, 0.1) is 19.8 Å². The Morgan fingerprint density at radius 3 is 2.95 bits per heavy atom. The van der Waals surface area contributed by atoms with Crippen molar-refractivity contribution in [1.29, 1.82) is 0 Å². The van der Waals surface area contributed by atoms with Crippen molar-refractivity contribution in [3.8, 4) is 0 Å². The van der Waals surface area contributed by atoms with E-state index >= 15 is 0 Å². The molecule has 0 unspecified atom stereocenters. The molecule has 21 heavy (non-hydrogen) atoms. The Hall–Kier alpha value is -1.53. The number of rotatable bonds is 3. The third kappa shape index (κ3) is 3.77. The third-order valence-corrected chi connectivity index (χ3v) is 4.26. The molecule has 3 heterocycles. The average molecular weight is 290 g/mol. The van der Waals surface area contributed by atoms with E-state index < -0.39 is 0 Å². The summed E-state index contributed by atoms with van der Waals surface area (Å²) in [5, 5.41) is 0. The highest BCUT2D eigenvalue weighted by molar-refractivity contribution is 5.78. The molecule has 0 spiro atoms. The van der Waals surface area contributed by atoms with E-state index in [0.29, 0.717) is 12.5 Å². The number of hydrogen-bond donors (Lipinski definition) is 0. The van der Waals surface area contributed by atoms with Crippen molar-refractivity contribution in [2.75, 3.05) is 45.9 Å². The van der Waals surface area contributed by atoms with Crippen molar-refractivity contribution in [2.45, 2.75) is 18.8 Å². The summed E-state index contributed by atoms with van der Waals surface area (Å²) in [4.78, 5) is 24.9. The molecule has 0 radical (unpaired) electrons. The Kier molecular flexibility index (Phi) is 4.77. The van der Waals surface area contributed by atoms with Crippen LogP contribution in [0, 0.1) is 0 Å².